The molecule has 1 atom stereocenters. The molecule has 0 saturated carbocycles. The zero-order valence-electron chi connectivity index (χ0n) is 13.5. The summed E-state index contributed by atoms with van der Waals surface area (Å²) in [6.07, 6.45) is 3.33. The van der Waals surface area contributed by atoms with Crippen LogP contribution >= 0.6 is 11.8 Å². The summed E-state index contributed by atoms with van der Waals surface area (Å²) in [7, 11) is 0. The maximum Gasteiger partial charge on any atom is 0.277 e. The molecule has 0 amide bonds. The molecule has 0 aliphatic heterocycles. The van der Waals surface area contributed by atoms with Crippen molar-refractivity contribution >= 4 is 11.8 Å². The molecule has 0 N–H and O–H groups in total. The molecule has 7 nitrogen and oxygen atoms in total. The highest BCUT2D eigenvalue weighted by Crippen LogP contribution is 2.35. The first-order chi connectivity index (χ1) is 12.7. The van der Waals surface area contributed by atoms with Crippen LogP contribution in [0.2, 0.25) is 0 Å². The average molecular weight is 369 g/mol. The lowest BCUT2D eigenvalue weighted by atomic mass is 10.2. The number of pyridine rings is 1. The zero-order chi connectivity index (χ0) is 17.9. The zero-order valence-corrected chi connectivity index (χ0v) is 14.4. The first-order valence-corrected chi connectivity index (χ1v) is 8.58. The predicted molar refractivity (Wildman–Crippen MR) is 91.5 cm³/mol. The Kier molecular flexibility index (Phi) is 4.44. The first kappa shape index (κ1) is 16.4. The average Bonchev–Trinajstić information content (AvgIpc) is 3.33. The van der Waals surface area contributed by atoms with Gasteiger partial charge in [0.1, 0.15) is 5.82 Å². The number of hydrogen-bond donors (Lipinski definition) is 0. The van der Waals surface area contributed by atoms with Crippen LogP contribution in [-0.2, 0) is 0 Å². The van der Waals surface area contributed by atoms with E-state index in [4.69, 9.17) is 8.94 Å². The maximum atomic E-state index is 13.8. The van der Waals surface area contributed by atoms with Gasteiger partial charge >= 0.3 is 0 Å². The number of hydrogen-bond acceptors (Lipinski definition) is 8. The summed E-state index contributed by atoms with van der Waals surface area (Å²) >= 11 is 1.25. The molecule has 9 heteroatoms. The van der Waals surface area contributed by atoms with Gasteiger partial charge in [0.15, 0.2) is 0 Å². The molecule has 3 heterocycles. The molecule has 0 unspecified atom stereocenters. The standard InChI is InChI=1S/C17H12FN5O2S/c1-10(15-20-14(23-25-15)11-5-4-8-19-9-11)26-17-22-21-16(24-17)12-6-2-3-7-13(12)18/h2-10H,1H3/t10-/m1/s1. The molecule has 0 radical (unpaired) electrons. The minimum absolute atomic E-state index is 0.124. The van der Waals surface area contributed by atoms with E-state index in [9.17, 15) is 4.39 Å². The molecule has 0 saturated heterocycles. The molecule has 3 aromatic heterocycles. The lowest BCUT2D eigenvalue weighted by molar-refractivity contribution is 0.379. The van der Waals surface area contributed by atoms with E-state index >= 15 is 0 Å². The van der Waals surface area contributed by atoms with E-state index in [1.165, 1.54) is 17.8 Å². The van der Waals surface area contributed by atoms with Gasteiger partial charge in [-0.2, -0.15) is 4.98 Å². The van der Waals surface area contributed by atoms with Gasteiger partial charge in [0.25, 0.3) is 11.1 Å². The number of nitrogens with zero attached hydrogens (tertiary/aromatic N) is 5. The summed E-state index contributed by atoms with van der Waals surface area (Å²) < 4.78 is 24.6. The van der Waals surface area contributed by atoms with Crippen molar-refractivity contribution in [3.63, 3.8) is 0 Å². The molecule has 0 fully saturated rings. The SMILES string of the molecule is C[C@@H](Sc1nnc(-c2ccccc2F)o1)c1nc(-c2cccnc2)no1. The van der Waals surface area contributed by atoms with E-state index in [2.05, 4.69) is 25.3 Å². The van der Waals surface area contributed by atoms with Gasteiger partial charge in [0, 0.05) is 18.0 Å². The Hall–Kier alpha value is -3.07. The fourth-order valence-corrected chi connectivity index (χ4v) is 2.93. The number of aromatic nitrogens is 5. The van der Waals surface area contributed by atoms with Crippen LogP contribution in [0.4, 0.5) is 4.39 Å². The second kappa shape index (κ2) is 7.04. The van der Waals surface area contributed by atoms with Crippen molar-refractivity contribution in [1.82, 2.24) is 25.3 Å². The Labute approximate surface area is 151 Å². The molecule has 1 aromatic carbocycles. The van der Waals surface area contributed by atoms with Crippen LogP contribution in [0, 0.1) is 5.82 Å². The molecule has 26 heavy (non-hydrogen) atoms. The van der Waals surface area contributed by atoms with Gasteiger partial charge in [-0.1, -0.05) is 29.1 Å². The van der Waals surface area contributed by atoms with Crippen LogP contribution in [0.25, 0.3) is 22.8 Å². The van der Waals surface area contributed by atoms with Crippen LogP contribution < -0.4 is 0 Å². The Morgan fingerprint density at radius 1 is 1.12 bits per heavy atom. The summed E-state index contributed by atoms with van der Waals surface area (Å²) in [5, 5.41) is 11.9. The fraction of sp³-hybridized carbons (Fsp3) is 0.118. The highest BCUT2D eigenvalue weighted by atomic mass is 32.2. The van der Waals surface area contributed by atoms with E-state index in [0.717, 1.165) is 5.56 Å². The van der Waals surface area contributed by atoms with Crippen molar-refractivity contribution in [3.05, 3.63) is 60.5 Å². The van der Waals surface area contributed by atoms with Crippen molar-refractivity contribution in [3.8, 4) is 22.8 Å². The van der Waals surface area contributed by atoms with Crippen molar-refractivity contribution in [2.75, 3.05) is 0 Å². The molecule has 4 rings (SSSR count). The minimum atomic E-state index is -0.418. The third-order valence-electron chi connectivity index (χ3n) is 3.50. The fourth-order valence-electron chi connectivity index (χ4n) is 2.22. The van der Waals surface area contributed by atoms with Crippen LogP contribution in [0.5, 0.6) is 0 Å². The topological polar surface area (TPSA) is 90.7 Å². The van der Waals surface area contributed by atoms with Gasteiger partial charge in [0.2, 0.25) is 11.7 Å². The second-order valence-corrected chi connectivity index (χ2v) is 6.60. The molecule has 130 valence electrons. The van der Waals surface area contributed by atoms with Crippen LogP contribution in [0.3, 0.4) is 0 Å². The van der Waals surface area contributed by atoms with E-state index in [0.29, 0.717) is 11.7 Å². The highest BCUT2D eigenvalue weighted by molar-refractivity contribution is 7.99. The maximum absolute atomic E-state index is 13.8. The molecular weight excluding hydrogens is 357 g/mol. The first-order valence-electron chi connectivity index (χ1n) is 7.70. The lowest BCUT2D eigenvalue weighted by Gasteiger charge is -2.01. The lowest BCUT2D eigenvalue weighted by Crippen LogP contribution is -1.89. The summed E-state index contributed by atoms with van der Waals surface area (Å²) in [5.74, 6) is 0.579. The van der Waals surface area contributed by atoms with E-state index in [1.807, 2.05) is 13.0 Å². The number of thioether (sulfide) groups is 1. The Morgan fingerprint density at radius 3 is 2.81 bits per heavy atom. The van der Waals surface area contributed by atoms with Gasteiger partial charge in [0.05, 0.1) is 10.8 Å². The van der Waals surface area contributed by atoms with Crippen molar-refractivity contribution in [2.24, 2.45) is 0 Å². The summed E-state index contributed by atoms with van der Waals surface area (Å²) in [6, 6.07) is 9.87. The molecule has 0 aliphatic rings. The van der Waals surface area contributed by atoms with E-state index < -0.39 is 5.82 Å². The van der Waals surface area contributed by atoms with Crippen LogP contribution in [0.1, 0.15) is 18.1 Å². The minimum Gasteiger partial charge on any atom is -0.411 e. The van der Waals surface area contributed by atoms with Crippen LogP contribution in [-0.4, -0.2) is 25.3 Å². The molecule has 0 bridgehead atoms. The van der Waals surface area contributed by atoms with Gasteiger partial charge in [-0.15, -0.1) is 10.2 Å². The molecule has 0 aliphatic carbocycles. The Bertz CT molecular complexity index is 1020. The smallest absolute Gasteiger partial charge is 0.277 e. The molecule has 4 aromatic rings. The van der Waals surface area contributed by atoms with E-state index in [1.54, 1.807) is 36.7 Å². The van der Waals surface area contributed by atoms with Gasteiger partial charge in [-0.3, -0.25) is 4.98 Å². The van der Waals surface area contributed by atoms with E-state index in [-0.39, 0.29) is 21.9 Å². The third kappa shape index (κ3) is 3.33. The summed E-state index contributed by atoms with van der Waals surface area (Å²) in [5.41, 5.74) is 1.02. The summed E-state index contributed by atoms with van der Waals surface area (Å²) in [4.78, 5) is 8.40. The Morgan fingerprint density at radius 2 is 2.00 bits per heavy atom. The van der Waals surface area contributed by atoms with Crippen molar-refractivity contribution in [2.45, 2.75) is 17.4 Å². The van der Waals surface area contributed by atoms with Crippen molar-refractivity contribution in [1.29, 1.82) is 0 Å². The van der Waals surface area contributed by atoms with Crippen LogP contribution in [0.15, 0.2) is 63.0 Å². The monoisotopic (exact) mass is 369 g/mol. The number of rotatable bonds is 5. The second-order valence-electron chi connectivity index (χ2n) is 5.31. The highest BCUT2D eigenvalue weighted by Gasteiger charge is 2.20. The summed E-state index contributed by atoms with van der Waals surface area (Å²) in [6.45, 7) is 1.87. The normalized spacial score (nSPS) is 12.2. The number of halogens is 1. The van der Waals surface area contributed by atoms with Gasteiger partial charge < -0.3 is 8.94 Å². The van der Waals surface area contributed by atoms with Crippen molar-refractivity contribution < 1.29 is 13.3 Å². The Balaban J connectivity index is 1.50. The third-order valence-corrected chi connectivity index (χ3v) is 4.42. The quantitative estimate of drug-likeness (QED) is 0.484. The van der Waals surface area contributed by atoms with Gasteiger partial charge in [-0.25, -0.2) is 4.39 Å². The predicted octanol–water partition coefficient (Wildman–Crippen LogP) is 4.17. The molecule has 0 spiro atoms. The molecular formula is C17H12FN5O2S. The van der Waals surface area contributed by atoms with Gasteiger partial charge in [-0.05, 0) is 31.2 Å². The largest absolute Gasteiger partial charge is 0.411 e. The number of benzene rings is 1.